The highest BCUT2D eigenvalue weighted by Gasteiger charge is 2.17. The molecule has 144 valence electrons. The molecule has 0 heterocycles. The van der Waals surface area contributed by atoms with Crippen LogP contribution < -0.4 is 4.74 Å². The molecule has 0 spiro atoms. The third-order valence-electron chi connectivity index (χ3n) is 5.08. The first-order valence-corrected chi connectivity index (χ1v) is 10.1. The van der Waals surface area contributed by atoms with Crippen molar-refractivity contribution in [1.82, 2.24) is 0 Å². The average molecular weight is 373 g/mol. The number of benzene rings is 3. The van der Waals surface area contributed by atoms with E-state index >= 15 is 0 Å². The Morgan fingerprint density at radius 1 is 0.821 bits per heavy atom. The molecule has 0 N–H and O–H groups in total. The third-order valence-corrected chi connectivity index (χ3v) is 5.08. The molecule has 2 heteroatoms. The second-order valence-electron chi connectivity index (χ2n) is 7.23. The smallest absolute Gasteiger partial charge is 0.318 e. The average Bonchev–Trinajstić information content (AvgIpc) is 2.75. The summed E-state index contributed by atoms with van der Waals surface area (Å²) in [6, 6.07) is 26.2. The van der Waals surface area contributed by atoms with Gasteiger partial charge in [0.1, 0.15) is 5.75 Å². The van der Waals surface area contributed by atoms with Crippen LogP contribution in [-0.2, 0) is 11.2 Å². The number of hydrogen-bond donors (Lipinski definition) is 0. The van der Waals surface area contributed by atoms with Crippen LogP contribution >= 0.6 is 0 Å². The van der Waals surface area contributed by atoms with Gasteiger partial charge in [0.15, 0.2) is 0 Å². The Morgan fingerprint density at radius 2 is 1.43 bits per heavy atom. The number of unbranched alkanes of at least 4 members (excludes halogenated alkanes) is 2. The summed E-state index contributed by atoms with van der Waals surface area (Å²) in [5, 5.41) is 0. The van der Waals surface area contributed by atoms with Crippen LogP contribution in [0.3, 0.4) is 0 Å². The summed E-state index contributed by atoms with van der Waals surface area (Å²) in [6.07, 6.45) is 4.94. The number of aryl methyl sites for hydroxylation is 1. The van der Waals surface area contributed by atoms with Crippen LogP contribution in [0.15, 0.2) is 78.9 Å². The summed E-state index contributed by atoms with van der Waals surface area (Å²) < 4.78 is 5.46. The molecule has 0 amide bonds. The Hall–Kier alpha value is -2.87. The fourth-order valence-electron chi connectivity index (χ4n) is 3.24. The van der Waals surface area contributed by atoms with Gasteiger partial charge in [-0.2, -0.15) is 0 Å². The first-order chi connectivity index (χ1) is 13.7. The largest absolute Gasteiger partial charge is 0.426 e. The topological polar surface area (TPSA) is 26.3 Å². The van der Waals surface area contributed by atoms with E-state index in [-0.39, 0.29) is 11.9 Å². The lowest BCUT2D eigenvalue weighted by atomic mass is 9.96. The van der Waals surface area contributed by atoms with Crippen molar-refractivity contribution < 1.29 is 9.53 Å². The lowest BCUT2D eigenvalue weighted by molar-refractivity contribution is -0.135. The van der Waals surface area contributed by atoms with Gasteiger partial charge >= 0.3 is 5.97 Å². The predicted octanol–water partition coefficient (Wildman–Crippen LogP) is 6.80. The number of hydrogen-bond acceptors (Lipinski definition) is 2. The van der Waals surface area contributed by atoms with Crippen molar-refractivity contribution in [2.45, 2.75) is 45.4 Å². The van der Waals surface area contributed by atoms with Crippen molar-refractivity contribution in [2.24, 2.45) is 0 Å². The highest BCUT2D eigenvalue weighted by Crippen LogP contribution is 2.25. The predicted molar refractivity (Wildman–Crippen MR) is 116 cm³/mol. The maximum absolute atomic E-state index is 12.4. The van der Waals surface area contributed by atoms with Crippen LogP contribution in [-0.4, -0.2) is 5.97 Å². The monoisotopic (exact) mass is 372 g/mol. The Bertz CT molecular complexity index is 865. The van der Waals surface area contributed by atoms with Gasteiger partial charge in [-0.15, -0.1) is 0 Å². The quantitative estimate of drug-likeness (QED) is 0.247. The molecule has 1 unspecified atom stereocenters. The molecule has 28 heavy (non-hydrogen) atoms. The normalized spacial score (nSPS) is 11.8. The lowest BCUT2D eigenvalue weighted by Crippen LogP contribution is -2.16. The molecule has 3 rings (SSSR count). The van der Waals surface area contributed by atoms with Crippen molar-refractivity contribution in [3.8, 4) is 16.9 Å². The van der Waals surface area contributed by atoms with Gasteiger partial charge in [0.25, 0.3) is 0 Å². The SMILES string of the molecule is CCCCCc1ccc(-c2ccc(C(C)C(=O)Oc3ccccc3)cc2)cc1. The van der Waals surface area contributed by atoms with Gasteiger partial charge in [-0.1, -0.05) is 86.5 Å². The van der Waals surface area contributed by atoms with Crippen LogP contribution in [0.2, 0.25) is 0 Å². The van der Waals surface area contributed by atoms with E-state index in [4.69, 9.17) is 4.74 Å². The van der Waals surface area contributed by atoms with Crippen molar-refractivity contribution in [3.05, 3.63) is 90.0 Å². The standard InChI is InChI=1S/C26H28O2/c1-3-4-6-9-21-12-14-23(15-13-21)24-18-16-22(17-19-24)20(2)26(27)28-25-10-7-5-8-11-25/h5,7-8,10-20H,3-4,6,9H2,1-2H3. The summed E-state index contributed by atoms with van der Waals surface area (Å²) in [5.74, 6) is 0.0283. The van der Waals surface area contributed by atoms with Crippen molar-refractivity contribution in [1.29, 1.82) is 0 Å². The van der Waals surface area contributed by atoms with Crippen LogP contribution in [0.25, 0.3) is 11.1 Å². The molecule has 0 saturated heterocycles. The summed E-state index contributed by atoms with van der Waals surface area (Å²) in [5.41, 5.74) is 4.71. The molecule has 1 atom stereocenters. The summed E-state index contributed by atoms with van der Waals surface area (Å²) in [4.78, 5) is 12.4. The first-order valence-electron chi connectivity index (χ1n) is 10.1. The van der Waals surface area contributed by atoms with E-state index in [0.29, 0.717) is 5.75 Å². The Kier molecular flexibility index (Phi) is 7.02. The minimum Gasteiger partial charge on any atom is -0.426 e. The summed E-state index contributed by atoms with van der Waals surface area (Å²) >= 11 is 0. The summed E-state index contributed by atoms with van der Waals surface area (Å²) in [6.45, 7) is 4.11. The van der Waals surface area contributed by atoms with E-state index in [9.17, 15) is 4.79 Å². The lowest BCUT2D eigenvalue weighted by Gasteiger charge is -2.12. The highest BCUT2D eigenvalue weighted by molar-refractivity contribution is 5.80. The number of para-hydroxylation sites is 1. The Labute approximate surface area is 168 Å². The molecule has 0 saturated carbocycles. The van der Waals surface area contributed by atoms with E-state index in [1.807, 2.05) is 37.3 Å². The molecule has 3 aromatic carbocycles. The van der Waals surface area contributed by atoms with E-state index in [2.05, 4.69) is 43.3 Å². The second kappa shape index (κ2) is 9.89. The molecule has 0 aliphatic carbocycles. The molecular weight excluding hydrogens is 344 g/mol. The second-order valence-corrected chi connectivity index (χ2v) is 7.23. The zero-order valence-electron chi connectivity index (χ0n) is 16.7. The molecule has 3 aromatic rings. The molecular formula is C26H28O2. The molecule has 0 bridgehead atoms. The molecule has 0 fully saturated rings. The van der Waals surface area contributed by atoms with Gasteiger partial charge < -0.3 is 4.74 Å². The zero-order valence-corrected chi connectivity index (χ0v) is 16.7. The number of esters is 1. The summed E-state index contributed by atoms with van der Waals surface area (Å²) in [7, 11) is 0. The van der Waals surface area contributed by atoms with Crippen LogP contribution in [0.4, 0.5) is 0 Å². The van der Waals surface area contributed by atoms with Crippen molar-refractivity contribution in [3.63, 3.8) is 0 Å². The van der Waals surface area contributed by atoms with E-state index in [0.717, 1.165) is 17.5 Å². The van der Waals surface area contributed by atoms with Gasteiger partial charge in [-0.05, 0) is 54.2 Å². The molecule has 0 aromatic heterocycles. The van der Waals surface area contributed by atoms with E-state index < -0.39 is 0 Å². The van der Waals surface area contributed by atoms with Gasteiger partial charge in [-0.25, -0.2) is 0 Å². The maximum Gasteiger partial charge on any atom is 0.318 e. The third kappa shape index (κ3) is 5.32. The van der Waals surface area contributed by atoms with Crippen LogP contribution in [0.5, 0.6) is 5.75 Å². The number of carbonyl (C=O) groups excluding carboxylic acids is 1. The fourth-order valence-corrected chi connectivity index (χ4v) is 3.24. The van der Waals surface area contributed by atoms with E-state index in [1.165, 1.54) is 30.4 Å². The van der Waals surface area contributed by atoms with Gasteiger partial charge in [0, 0.05) is 0 Å². The number of rotatable bonds is 8. The number of carbonyl (C=O) groups is 1. The Morgan fingerprint density at radius 3 is 2.04 bits per heavy atom. The maximum atomic E-state index is 12.4. The minimum atomic E-state index is -0.310. The van der Waals surface area contributed by atoms with E-state index in [1.54, 1.807) is 12.1 Å². The van der Waals surface area contributed by atoms with Gasteiger partial charge in [0.2, 0.25) is 0 Å². The molecule has 0 aliphatic heterocycles. The highest BCUT2D eigenvalue weighted by atomic mass is 16.5. The molecule has 0 aliphatic rings. The van der Waals surface area contributed by atoms with Crippen LogP contribution in [0.1, 0.15) is 50.2 Å². The molecule has 0 radical (unpaired) electrons. The van der Waals surface area contributed by atoms with Gasteiger partial charge in [-0.3, -0.25) is 4.79 Å². The van der Waals surface area contributed by atoms with Gasteiger partial charge in [0.05, 0.1) is 5.92 Å². The minimum absolute atomic E-state index is 0.240. The van der Waals surface area contributed by atoms with Crippen LogP contribution in [0, 0.1) is 0 Å². The molecule has 2 nitrogen and oxygen atoms in total. The number of ether oxygens (including phenoxy) is 1. The van der Waals surface area contributed by atoms with Crippen molar-refractivity contribution >= 4 is 5.97 Å². The first kappa shape index (κ1) is 19.9. The zero-order chi connectivity index (χ0) is 19.8. The fraction of sp³-hybridized carbons (Fsp3) is 0.269. The van der Waals surface area contributed by atoms with Crippen molar-refractivity contribution in [2.75, 3.05) is 0 Å². The Balaban J connectivity index is 1.63.